The molecule has 6 nitrogen and oxygen atoms in total. The smallest absolute Gasteiger partial charge is 0.259 e. The summed E-state index contributed by atoms with van der Waals surface area (Å²) in [5.74, 6) is 0. The number of nitrogens with one attached hydrogen (secondary N) is 1. The van der Waals surface area contributed by atoms with Gasteiger partial charge in [0.2, 0.25) is 0 Å². The molecule has 0 bridgehead atoms. The predicted octanol–water partition coefficient (Wildman–Crippen LogP) is 4.12. The number of halogens is 2. The van der Waals surface area contributed by atoms with Crippen LogP contribution in [0.3, 0.4) is 0 Å². The Morgan fingerprint density at radius 1 is 1.07 bits per heavy atom. The predicted molar refractivity (Wildman–Crippen MR) is 112 cm³/mol. The first-order chi connectivity index (χ1) is 13.5. The van der Waals surface area contributed by atoms with Crippen molar-refractivity contribution >= 4 is 39.5 Å². The van der Waals surface area contributed by atoms with Crippen LogP contribution in [-0.4, -0.2) is 19.4 Å². The molecule has 0 aliphatic heterocycles. The van der Waals surface area contributed by atoms with E-state index in [4.69, 9.17) is 23.2 Å². The molecule has 4 heterocycles. The summed E-state index contributed by atoms with van der Waals surface area (Å²) >= 11 is 13.4. The first-order valence-corrected chi connectivity index (χ1v) is 10.0. The van der Waals surface area contributed by atoms with Gasteiger partial charge >= 0.3 is 0 Å². The first kappa shape index (κ1) is 19.0. The molecular formula is C19H15Cl2N5OS. The molecule has 4 aromatic rings. The van der Waals surface area contributed by atoms with Crippen molar-refractivity contribution in [2.75, 3.05) is 0 Å². The van der Waals surface area contributed by atoms with Crippen LogP contribution in [0.5, 0.6) is 0 Å². The van der Waals surface area contributed by atoms with Crippen molar-refractivity contribution in [3.8, 4) is 11.3 Å². The van der Waals surface area contributed by atoms with E-state index >= 15 is 0 Å². The fourth-order valence-corrected chi connectivity index (χ4v) is 4.22. The maximum Gasteiger partial charge on any atom is 0.259 e. The fraction of sp³-hybridized carbons (Fsp3) is 0.158. The fourth-order valence-electron chi connectivity index (χ4n) is 2.92. The van der Waals surface area contributed by atoms with E-state index < -0.39 is 0 Å². The summed E-state index contributed by atoms with van der Waals surface area (Å²) in [5, 5.41) is 4.37. The van der Waals surface area contributed by atoms with Crippen LogP contribution in [0.25, 0.3) is 16.2 Å². The Kier molecular flexibility index (Phi) is 5.41. The Hall–Kier alpha value is -2.32. The van der Waals surface area contributed by atoms with E-state index in [1.807, 2.05) is 13.0 Å². The van der Waals surface area contributed by atoms with Crippen LogP contribution in [0.2, 0.25) is 10.0 Å². The molecule has 0 fully saturated rings. The van der Waals surface area contributed by atoms with E-state index in [9.17, 15) is 4.79 Å². The van der Waals surface area contributed by atoms with Gasteiger partial charge in [-0.25, -0.2) is 4.98 Å². The summed E-state index contributed by atoms with van der Waals surface area (Å²) in [6, 6.07) is 6.99. The summed E-state index contributed by atoms with van der Waals surface area (Å²) < 4.78 is 1.61. The Balaban J connectivity index is 1.61. The minimum absolute atomic E-state index is 0.134. The number of hydrogen-bond donors (Lipinski definition) is 1. The molecule has 0 radical (unpaired) electrons. The van der Waals surface area contributed by atoms with Crippen molar-refractivity contribution in [1.82, 2.24) is 24.7 Å². The third kappa shape index (κ3) is 3.93. The number of aryl methyl sites for hydroxylation is 1. The number of fused-ring (bicyclic) bond motifs is 1. The van der Waals surface area contributed by atoms with Crippen LogP contribution in [0.1, 0.15) is 16.3 Å². The number of aromatic nitrogens is 4. The molecule has 4 rings (SSSR count). The molecule has 0 aliphatic carbocycles. The number of nitrogens with zero attached hydrogens (tertiary/aromatic N) is 4. The van der Waals surface area contributed by atoms with Crippen molar-refractivity contribution in [1.29, 1.82) is 0 Å². The zero-order valence-electron chi connectivity index (χ0n) is 14.8. The van der Waals surface area contributed by atoms with Gasteiger partial charge in [0.1, 0.15) is 0 Å². The lowest BCUT2D eigenvalue weighted by Crippen LogP contribution is -2.19. The highest BCUT2D eigenvalue weighted by Gasteiger charge is 2.15. The lowest BCUT2D eigenvalue weighted by molar-refractivity contribution is 0.666. The molecule has 1 N–H and O–H groups in total. The Morgan fingerprint density at radius 2 is 1.89 bits per heavy atom. The highest BCUT2D eigenvalue weighted by Crippen LogP contribution is 2.30. The van der Waals surface area contributed by atoms with E-state index in [-0.39, 0.29) is 5.56 Å². The molecule has 142 valence electrons. The third-order valence-electron chi connectivity index (χ3n) is 4.12. The lowest BCUT2D eigenvalue weighted by Gasteiger charge is -2.06. The minimum atomic E-state index is -0.134. The van der Waals surface area contributed by atoms with Crippen molar-refractivity contribution in [3.05, 3.63) is 79.5 Å². The van der Waals surface area contributed by atoms with Crippen LogP contribution in [0, 0.1) is 6.92 Å². The van der Waals surface area contributed by atoms with Crippen molar-refractivity contribution < 1.29 is 0 Å². The maximum absolute atomic E-state index is 12.8. The zero-order valence-corrected chi connectivity index (χ0v) is 17.1. The normalized spacial score (nSPS) is 11.2. The molecule has 0 spiro atoms. The molecule has 0 aliphatic rings. The number of thiazole rings is 1. The van der Waals surface area contributed by atoms with Gasteiger partial charge in [-0.3, -0.25) is 19.2 Å². The van der Waals surface area contributed by atoms with E-state index in [2.05, 4.69) is 20.3 Å². The maximum atomic E-state index is 12.8. The van der Waals surface area contributed by atoms with Crippen LogP contribution in [0.4, 0.5) is 0 Å². The standard InChI is InChI=1S/C19H15Cl2N5OS/c1-11-18(12-4-14(21)7-22-6-12)26-17(27)5-16(25-19(26)28-11)10-23-9-15-3-2-13(20)8-24-15/h2-8,23H,9-10H2,1H3. The molecule has 0 aromatic carbocycles. The average molecular weight is 432 g/mol. The highest BCUT2D eigenvalue weighted by molar-refractivity contribution is 7.17. The topological polar surface area (TPSA) is 72.2 Å². The first-order valence-electron chi connectivity index (χ1n) is 8.45. The summed E-state index contributed by atoms with van der Waals surface area (Å²) in [7, 11) is 0. The lowest BCUT2D eigenvalue weighted by atomic mass is 10.2. The summed E-state index contributed by atoms with van der Waals surface area (Å²) in [6.07, 6.45) is 4.87. The number of pyridine rings is 2. The molecule has 0 saturated heterocycles. The molecule has 28 heavy (non-hydrogen) atoms. The molecule has 9 heteroatoms. The van der Waals surface area contributed by atoms with Crippen LogP contribution in [0.15, 0.2) is 47.7 Å². The number of rotatable bonds is 5. The minimum Gasteiger partial charge on any atom is -0.305 e. The molecule has 0 saturated carbocycles. The second kappa shape index (κ2) is 7.97. The summed E-state index contributed by atoms with van der Waals surface area (Å²) in [5.41, 5.74) is 2.98. The van der Waals surface area contributed by atoms with Gasteiger partial charge in [0, 0.05) is 48.2 Å². The van der Waals surface area contributed by atoms with Gasteiger partial charge in [-0.1, -0.05) is 23.2 Å². The van der Waals surface area contributed by atoms with Gasteiger partial charge < -0.3 is 5.32 Å². The molecule has 4 aromatic heterocycles. The molecular weight excluding hydrogens is 417 g/mol. The Labute approximate surface area is 174 Å². The van der Waals surface area contributed by atoms with E-state index in [1.165, 1.54) is 11.3 Å². The molecule has 0 unspecified atom stereocenters. The van der Waals surface area contributed by atoms with Gasteiger partial charge in [-0.2, -0.15) is 0 Å². The second-order valence-electron chi connectivity index (χ2n) is 6.17. The second-order valence-corrected chi connectivity index (χ2v) is 8.23. The van der Waals surface area contributed by atoms with Crippen LogP contribution < -0.4 is 10.9 Å². The van der Waals surface area contributed by atoms with E-state index in [0.717, 1.165) is 21.8 Å². The monoisotopic (exact) mass is 431 g/mol. The molecule has 0 atom stereocenters. The molecule has 0 amide bonds. The van der Waals surface area contributed by atoms with E-state index in [1.54, 1.807) is 41.2 Å². The third-order valence-corrected chi connectivity index (χ3v) is 5.51. The zero-order chi connectivity index (χ0) is 19.7. The van der Waals surface area contributed by atoms with Gasteiger partial charge in [0.15, 0.2) is 4.96 Å². The largest absolute Gasteiger partial charge is 0.305 e. The summed E-state index contributed by atoms with van der Waals surface area (Å²) in [6.45, 7) is 2.97. The van der Waals surface area contributed by atoms with Crippen molar-refractivity contribution in [3.63, 3.8) is 0 Å². The van der Waals surface area contributed by atoms with Gasteiger partial charge in [-0.05, 0) is 25.1 Å². The van der Waals surface area contributed by atoms with E-state index in [0.29, 0.717) is 33.8 Å². The quantitative estimate of drug-likeness (QED) is 0.514. The SMILES string of the molecule is Cc1sc2nc(CNCc3ccc(Cl)cn3)cc(=O)n2c1-c1cncc(Cl)c1. The van der Waals surface area contributed by atoms with Crippen molar-refractivity contribution in [2.24, 2.45) is 0 Å². The number of hydrogen-bond acceptors (Lipinski definition) is 6. The van der Waals surface area contributed by atoms with Gasteiger partial charge in [0.05, 0.1) is 27.1 Å². The van der Waals surface area contributed by atoms with Gasteiger partial charge in [0.25, 0.3) is 5.56 Å². The van der Waals surface area contributed by atoms with Crippen molar-refractivity contribution in [2.45, 2.75) is 20.0 Å². The van der Waals surface area contributed by atoms with Gasteiger partial charge in [-0.15, -0.1) is 11.3 Å². The van der Waals surface area contributed by atoms with Crippen LogP contribution >= 0.6 is 34.5 Å². The Bertz CT molecular complexity index is 1200. The summed E-state index contributed by atoms with van der Waals surface area (Å²) in [4.78, 5) is 27.4. The van der Waals surface area contributed by atoms with Crippen LogP contribution in [-0.2, 0) is 13.1 Å². The highest BCUT2D eigenvalue weighted by atomic mass is 35.5. The average Bonchev–Trinajstić information content (AvgIpc) is 3.00. The Morgan fingerprint density at radius 3 is 2.64 bits per heavy atom.